The third kappa shape index (κ3) is 4.48. The Morgan fingerprint density at radius 3 is 2.70 bits per heavy atom. The zero-order valence-corrected chi connectivity index (χ0v) is 13.1. The first-order valence-corrected chi connectivity index (χ1v) is 7.99. The van der Waals surface area contributed by atoms with Gasteiger partial charge in [-0.15, -0.1) is 0 Å². The zero-order chi connectivity index (χ0) is 14.4. The molecule has 0 saturated heterocycles. The van der Waals surface area contributed by atoms with E-state index in [-0.39, 0.29) is 0 Å². The summed E-state index contributed by atoms with van der Waals surface area (Å²) in [5, 5.41) is 3.44. The van der Waals surface area contributed by atoms with E-state index in [1.165, 1.54) is 24.8 Å². The van der Waals surface area contributed by atoms with Crippen LogP contribution in [0.2, 0.25) is 0 Å². The molecular weight excluding hydrogens is 248 g/mol. The number of hydrogen-bond acceptors (Lipinski definition) is 3. The monoisotopic (exact) mass is 276 g/mol. The molecule has 2 unspecified atom stereocenters. The Kier molecular flexibility index (Phi) is 5.84. The molecule has 2 rings (SSSR count). The first-order valence-electron chi connectivity index (χ1n) is 7.99. The minimum atomic E-state index is 0.350. The van der Waals surface area contributed by atoms with E-state index in [2.05, 4.69) is 37.1 Å². The highest BCUT2D eigenvalue weighted by Gasteiger charge is 2.25. The summed E-state index contributed by atoms with van der Waals surface area (Å²) in [4.78, 5) is 4.22. The molecule has 3 heteroatoms. The van der Waals surface area contributed by atoms with E-state index in [4.69, 9.17) is 4.74 Å². The molecule has 1 saturated carbocycles. The van der Waals surface area contributed by atoms with E-state index >= 15 is 0 Å². The van der Waals surface area contributed by atoms with Crippen LogP contribution in [0.4, 0.5) is 0 Å². The Bertz CT molecular complexity index is 398. The van der Waals surface area contributed by atoms with Gasteiger partial charge in [-0.05, 0) is 50.1 Å². The standard InChI is InChI=1S/C17H28N2O/c1-4-6-18-11-15-5-7-19-12-17(15)20-16-9-13(2)8-14(3)10-16/h5,7,12-14,16,18H,4,6,8-11H2,1-3H3. The summed E-state index contributed by atoms with van der Waals surface area (Å²) >= 11 is 0. The fourth-order valence-electron chi connectivity index (χ4n) is 3.21. The van der Waals surface area contributed by atoms with Gasteiger partial charge in [0, 0.05) is 18.3 Å². The lowest BCUT2D eigenvalue weighted by Crippen LogP contribution is -2.29. The molecule has 1 N–H and O–H groups in total. The van der Waals surface area contributed by atoms with Gasteiger partial charge in [0.05, 0.1) is 12.3 Å². The van der Waals surface area contributed by atoms with Gasteiger partial charge in [0.25, 0.3) is 0 Å². The summed E-state index contributed by atoms with van der Waals surface area (Å²) in [6.45, 7) is 8.75. The average molecular weight is 276 g/mol. The summed E-state index contributed by atoms with van der Waals surface area (Å²) < 4.78 is 6.26. The molecule has 20 heavy (non-hydrogen) atoms. The van der Waals surface area contributed by atoms with Crippen molar-refractivity contribution < 1.29 is 4.74 Å². The van der Waals surface area contributed by atoms with Crippen molar-refractivity contribution in [1.29, 1.82) is 0 Å². The van der Waals surface area contributed by atoms with Gasteiger partial charge in [0.15, 0.2) is 0 Å². The van der Waals surface area contributed by atoms with Crippen molar-refractivity contribution in [1.82, 2.24) is 10.3 Å². The van der Waals surface area contributed by atoms with E-state index in [0.717, 1.165) is 37.1 Å². The minimum Gasteiger partial charge on any atom is -0.488 e. The van der Waals surface area contributed by atoms with Crippen molar-refractivity contribution in [3.8, 4) is 5.75 Å². The molecule has 3 nitrogen and oxygen atoms in total. The molecule has 1 heterocycles. The van der Waals surface area contributed by atoms with Gasteiger partial charge in [0.1, 0.15) is 5.75 Å². The van der Waals surface area contributed by atoms with Crippen molar-refractivity contribution in [2.45, 2.75) is 59.1 Å². The summed E-state index contributed by atoms with van der Waals surface area (Å²) in [5.41, 5.74) is 1.22. The lowest BCUT2D eigenvalue weighted by Gasteiger charge is -2.32. The quantitative estimate of drug-likeness (QED) is 0.803. The van der Waals surface area contributed by atoms with Crippen molar-refractivity contribution in [3.05, 3.63) is 24.0 Å². The van der Waals surface area contributed by atoms with Gasteiger partial charge in [-0.25, -0.2) is 0 Å². The Morgan fingerprint density at radius 1 is 1.25 bits per heavy atom. The molecule has 0 amide bonds. The van der Waals surface area contributed by atoms with Crippen molar-refractivity contribution >= 4 is 0 Å². The van der Waals surface area contributed by atoms with Gasteiger partial charge >= 0.3 is 0 Å². The van der Waals surface area contributed by atoms with Gasteiger partial charge in [-0.2, -0.15) is 0 Å². The minimum absolute atomic E-state index is 0.350. The Hall–Kier alpha value is -1.09. The van der Waals surface area contributed by atoms with E-state index in [0.29, 0.717) is 6.10 Å². The summed E-state index contributed by atoms with van der Waals surface area (Å²) in [7, 11) is 0. The first kappa shape index (κ1) is 15.3. The fraction of sp³-hybridized carbons (Fsp3) is 0.706. The van der Waals surface area contributed by atoms with Crippen LogP contribution in [0.5, 0.6) is 5.75 Å². The molecule has 0 bridgehead atoms. The van der Waals surface area contributed by atoms with Gasteiger partial charge < -0.3 is 10.1 Å². The molecule has 1 aromatic heterocycles. The van der Waals surface area contributed by atoms with Gasteiger partial charge in [0.2, 0.25) is 0 Å². The van der Waals surface area contributed by atoms with E-state index in [9.17, 15) is 0 Å². The number of hydrogen-bond donors (Lipinski definition) is 1. The lowest BCUT2D eigenvalue weighted by molar-refractivity contribution is 0.0996. The van der Waals surface area contributed by atoms with Crippen LogP contribution in [0.1, 0.15) is 52.0 Å². The zero-order valence-electron chi connectivity index (χ0n) is 13.1. The fourth-order valence-corrected chi connectivity index (χ4v) is 3.21. The maximum atomic E-state index is 6.26. The number of nitrogens with one attached hydrogen (secondary N) is 1. The molecule has 0 spiro atoms. The molecule has 2 atom stereocenters. The van der Waals surface area contributed by atoms with Crippen LogP contribution in [0.3, 0.4) is 0 Å². The molecule has 0 aliphatic heterocycles. The third-order valence-corrected chi connectivity index (χ3v) is 4.04. The second-order valence-electron chi connectivity index (χ2n) is 6.32. The van der Waals surface area contributed by atoms with E-state index in [1.54, 1.807) is 0 Å². The number of pyridine rings is 1. The van der Waals surface area contributed by atoms with Crippen molar-refractivity contribution in [2.24, 2.45) is 11.8 Å². The highest BCUT2D eigenvalue weighted by atomic mass is 16.5. The first-order chi connectivity index (χ1) is 9.69. The maximum Gasteiger partial charge on any atom is 0.142 e. The predicted molar refractivity (Wildman–Crippen MR) is 82.8 cm³/mol. The van der Waals surface area contributed by atoms with E-state index < -0.39 is 0 Å². The summed E-state index contributed by atoms with van der Waals surface area (Å²) in [6, 6.07) is 2.06. The number of aromatic nitrogens is 1. The number of rotatable bonds is 6. The Morgan fingerprint density at radius 2 is 2.00 bits per heavy atom. The van der Waals surface area contributed by atoms with Crippen LogP contribution in [0.15, 0.2) is 18.5 Å². The molecule has 1 aromatic rings. The topological polar surface area (TPSA) is 34.2 Å². The third-order valence-electron chi connectivity index (χ3n) is 4.04. The average Bonchev–Trinajstić information content (AvgIpc) is 2.40. The van der Waals surface area contributed by atoms with Crippen LogP contribution in [0, 0.1) is 11.8 Å². The Balaban J connectivity index is 1.97. The summed E-state index contributed by atoms with van der Waals surface area (Å²) in [6.07, 6.45) is 8.89. The second-order valence-corrected chi connectivity index (χ2v) is 6.32. The molecule has 112 valence electrons. The molecule has 1 fully saturated rings. The SMILES string of the molecule is CCCNCc1ccncc1OC1CC(C)CC(C)C1. The molecule has 0 aromatic carbocycles. The highest BCUT2D eigenvalue weighted by Crippen LogP contribution is 2.32. The highest BCUT2D eigenvalue weighted by molar-refractivity contribution is 5.30. The van der Waals surface area contributed by atoms with Gasteiger partial charge in [-0.3, -0.25) is 4.98 Å². The predicted octanol–water partition coefficient (Wildman–Crippen LogP) is 3.78. The van der Waals surface area contributed by atoms with Crippen LogP contribution in [-0.4, -0.2) is 17.6 Å². The molecule has 0 radical (unpaired) electrons. The lowest BCUT2D eigenvalue weighted by atomic mass is 9.82. The smallest absolute Gasteiger partial charge is 0.142 e. The van der Waals surface area contributed by atoms with Crippen LogP contribution in [0.25, 0.3) is 0 Å². The summed E-state index contributed by atoms with van der Waals surface area (Å²) in [5.74, 6) is 2.49. The van der Waals surface area contributed by atoms with Crippen LogP contribution >= 0.6 is 0 Å². The van der Waals surface area contributed by atoms with Crippen LogP contribution in [-0.2, 0) is 6.54 Å². The van der Waals surface area contributed by atoms with Gasteiger partial charge in [-0.1, -0.05) is 20.8 Å². The molecular formula is C17H28N2O. The number of nitrogens with zero attached hydrogens (tertiary/aromatic N) is 1. The van der Waals surface area contributed by atoms with E-state index in [1.807, 2.05) is 12.4 Å². The van der Waals surface area contributed by atoms with Crippen molar-refractivity contribution in [3.63, 3.8) is 0 Å². The number of ether oxygens (including phenoxy) is 1. The normalized spacial score (nSPS) is 26.4. The Labute approximate surface area is 123 Å². The maximum absolute atomic E-state index is 6.26. The largest absolute Gasteiger partial charge is 0.488 e. The molecule has 1 aliphatic rings. The van der Waals surface area contributed by atoms with Crippen molar-refractivity contribution in [2.75, 3.05) is 6.54 Å². The second kappa shape index (κ2) is 7.63. The van der Waals surface area contributed by atoms with Crippen LogP contribution < -0.4 is 10.1 Å². The molecule has 1 aliphatic carbocycles.